The van der Waals surface area contributed by atoms with Crippen LogP contribution in [0.5, 0.6) is 5.75 Å². The van der Waals surface area contributed by atoms with Crippen LogP contribution in [0, 0.1) is 6.92 Å². The average Bonchev–Trinajstić information content (AvgIpc) is 2.64. The first-order valence-electron chi connectivity index (χ1n) is 9.03. The Morgan fingerprint density at radius 2 is 2.12 bits per heavy atom. The van der Waals surface area contributed by atoms with Crippen molar-refractivity contribution in [2.45, 2.75) is 32.2 Å². The minimum Gasteiger partial charge on any atom is -0.482 e. The first-order valence-corrected chi connectivity index (χ1v) is 9.03. The summed E-state index contributed by atoms with van der Waals surface area (Å²) in [6, 6.07) is 13.9. The van der Waals surface area contributed by atoms with Crippen LogP contribution in [0.1, 0.15) is 35.6 Å². The second-order valence-electron chi connectivity index (χ2n) is 6.95. The number of fused-ring (bicyclic) bond motifs is 2. The highest BCUT2D eigenvalue weighted by molar-refractivity contribution is 6.02. The van der Waals surface area contributed by atoms with Gasteiger partial charge in [-0.2, -0.15) is 0 Å². The van der Waals surface area contributed by atoms with Crippen molar-refractivity contribution in [2.24, 2.45) is 0 Å². The van der Waals surface area contributed by atoms with Crippen molar-refractivity contribution < 1.29 is 14.3 Å². The molecule has 2 amide bonds. The van der Waals surface area contributed by atoms with Crippen molar-refractivity contribution in [1.29, 1.82) is 0 Å². The lowest BCUT2D eigenvalue weighted by atomic mass is 9.88. The maximum absolute atomic E-state index is 12.7. The third-order valence-corrected chi connectivity index (χ3v) is 5.06. The molecule has 1 aliphatic carbocycles. The number of carbonyl (C=O) groups is 2. The molecule has 0 unspecified atom stereocenters. The Morgan fingerprint density at radius 3 is 3.00 bits per heavy atom. The summed E-state index contributed by atoms with van der Waals surface area (Å²) in [6.45, 7) is 1.93. The molecule has 0 fully saturated rings. The first-order chi connectivity index (χ1) is 12.6. The smallest absolute Gasteiger partial charge is 0.265 e. The topological polar surface area (TPSA) is 58.6 Å². The van der Waals surface area contributed by atoms with Crippen molar-refractivity contribution in [3.63, 3.8) is 0 Å². The van der Waals surface area contributed by atoms with Crippen LogP contribution >= 0.6 is 0 Å². The van der Waals surface area contributed by atoms with Crippen LogP contribution in [0.2, 0.25) is 0 Å². The summed E-state index contributed by atoms with van der Waals surface area (Å²) in [5.74, 6) is 0.308. The minimum absolute atomic E-state index is 0.0112. The van der Waals surface area contributed by atoms with Crippen molar-refractivity contribution in [1.82, 2.24) is 5.32 Å². The Labute approximate surface area is 153 Å². The molecule has 0 aromatic heterocycles. The zero-order valence-electron chi connectivity index (χ0n) is 14.8. The highest BCUT2D eigenvalue weighted by Gasteiger charge is 2.29. The summed E-state index contributed by atoms with van der Waals surface area (Å²) < 4.78 is 5.48. The van der Waals surface area contributed by atoms with Gasteiger partial charge in [-0.25, -0.2) is 0 Å². The van der Waals surface area contributed by atoms with Gasteiger partial charge in [0, 0.05) is 0 Å². The number of carbonyl (C=O) groups excluding carboxylic acids is 2. The predicted molar refractivity (Wildman–Crippen MR) is 99.3 cm³/mol. The van der Waals surface area contributed by atoms with Gasteiger partial charge in [-0.3, -0.25) is 14.5 Å². The van der Waals surface area contributed by atoms with Crippen molar-refractivity contribution in [3.8, 4) is 5.75 Å². The van der Waals surface area contributed by atoms with Gasteiger partial charge >= 0.3 is 0 Å². The number of aryl methyl sites for hydroxylation is 2. The Morgan fingerprint density at radius 1 is 1.27 bits per heavy atom. The van der Waals surface area contributed by atoms with E-state index in [1.807, 2.05) is 37.3 Å². The molecule has 1 atom stereocenters. The van der Waals surface area contributed by atoms with Crippen LogP contribution in [0.15, 0.2) is 42.5 Å². The summed E-state index contributed by atoms with van der Waals surface area (Å²) in [6.07, 6.45) is 3.03. The van der Waals surface area contributed by atoms with Crippen molar-refractivity contribution in [2.75, 3.05) is 18.1 Å². The Balaban J connectivity index is 1.51. The molecule has 5 heteroatoms. The van der Waals surface area contributed by atoms with Crippen molar-refractivity contribution >= 4 is 17.5 Å². The van der Waals surface area contributed by atoms with E-state index < -0.39 is 0 Å². The van der Waals surface area contributed by atoms with Gasteiger partial charge in [0.15, 0.2) is 6.61 Å². The Hall–Kier alpha value is -2.82. The second kappa shape index (κ2) is 6.83. The van der Waals surface area contributed by atoms with Gasteiger partial charge in [0.25, 0.3) is 5.91 Å². The van der Waals surface area contributed by atoms with Crippen LogP contribution in [-0.2, 0) is 16.0 Å². The van der Waals surface area contributed by atoms with Gasteiger partial charge in [-0.1, -0.05) is 30.3 Å². The second-order valence-corrected chi connectivity index (χ2v) is 6.95. The summed E-state index contributed by atoms with van der Waals surface area (Å²) >= 11 is 0. The number of nitrogens with zero attached hydrogens (tertiary/aromatic N) is 1. The molecule has 5 nitrogen and oxygen atoms in total. The van der Waals surface area contributed by atoms with Crippen molar-refractivity contribution in [3.05, 3.63) is 59.2 Å². The van der Waals surface area contributed by atoms with E-state index >= 15 is 0 Å². The molecular formula is C21H22N2O3. The number of amides is 2. The van der Waals surface area contributed by atoms with Gasteiger partial charge < -0.3 is 10.1 Å². The monoisotopic (exact) mass is 350 g/mol. The van der Waals surface area contributed by atoms with Gasteiger partial charge in [-0.05, 0) is 55.0 Å². The molecule has 1 N–H and O–H groups in total. The summed E-state index contributed by atoms with van der Waals surface area (Å²) in [4.78, 5) is 26.5. The molecule has 2 aromatic carbocycles. The highest BCUT2D eigenvalue weighted by Crippen LogP contribution is 2.33. The van der Waals surface area contributed by atoms with Crippen LogP contribution in [0.4, 0.5) is 5.69 Å². The number of rotatable bonds is 3. The number of ether oxygens (including phenoxy) is 1. The van der Waals surface area contributed by atoms with Crippen LogP contribution in [0.3, 0.4) is 0 Å². The zero-order chi connectivity index (χ0) is 18.1. The van der Waals surface area contributed by atoms with E-state index in [9.17, 15) is 9.59 Å². The van der Waals surface area contributed by atoms with E-state index in [2.05, 4.69) is 17.4 Å². The standard InChI is InChI=1S/C21H22N2O3/c1-14-9-10-19-18(11-14)23(21(25)13-26-19)12-20(24)22-17-8-4-6-15-5-2-3-7-16(15)17/h2-3,5,7,9-11,17H,4,6,8,12-13H2,1H3,(H,22,24)/t17-/m1/s1. The molecule has 1 aliphatic heterocycles. The molecule has 0 radical (unpaired) electrons. The van der Waals surface area contributed by atoms with Gasteiger partial charge in [-0.15, -0.1) is 0 Å². The summed E-state index contributed by atoms with van der Waals surface area (Å²) in [7, 11) is 0. The van der Waals surface area contributed by atoms with E-state index in [0.717, 1.165) is 24.8 Å². The molecule has 26 heavy (non-hydrogen) atoms. The van der Waals surface area contributed by atoms with Gasteiger partial charge in [0.05, 0.1) is 11.7 Å². The molecule has 1 heterocycles. The maximum Gasteiger partial charge on any atom is 0.265 e. The number of benzene rings is 2. The normalized spacial score (nSPS) is 18.6. The lowest BCUT2D eigenvalue weighted by molar-refractivity contribution is -0.125. The predicted octanol–water partition coefficient (Wildman–Crippen LogP) is 2.91. The molecule has 0 saturated heterocycles. The van der Waals surface area contributed by atoms with Gasteiger partial charge in [0.2, 0.25) is 5.91 Å². The average molecular weight is 350 g/mol. The summed E-state index contributed by atoms with van der Waals surface area (Å²) in [5.41, 5.74) is 4.18. The van der Waals surface area contributed by atoms with E-state index in [0.29, 0.717) is 11.4 Å². The maximum atomic E-state index is 12.7. The number of anilines is 1. The van der Waals surface area contributed by atoms with Crippen LogP contribution < -0.4 is 15.0 Å². The minimum atomic E-state index is -0.192. The number of nitrogens with one attached hydrogen (secondary N) is 1. The number of hydrogen-bond donors (Lipinski definition) is 1. The van der Waals surface area contributed by atoms with E-state index in [1.54, 1.807) is 0 Å². The molecule has 134 valence electrons. The third kappa shape index (κ3) is 3.17. The Bertz CT molecular complexity index is 862. The molecule has 4 rings (SSSR count). The largest absolute Gasteiger partial charge is 0.482 e. The highest BCUT2D eigenvalue weighted by atomic mass is 16.5. The van der Waals surface area contributed by atoms with Crippen LogP contribution in [0.25, 0.3) is 0 Å². The van der Waals surface area contributed by atoms with Gasteiger partial charge in [0.1, 0.15) is 12.3 Å². The number of hydrogen-bond acceptors (Lipinski definition) is 3. The molecule has 0 saturated carbocycles. The molecule has 2 aliphatic rings. The molecule has 2 aromatic rings. The lowest BCUT2D eigenvalue weighted by Gasteiger charge is -2.31. The molecule has 0 spiro atoms. The molecular weight excluding hydrogens is 328 g/mol. The first kappa shape index (κ1) is 16.6. The van der Waals surface area contributed by atoms with E-state index in [4.69, 9.17) is 4.74 Å². The zero-order valence-corrected chi connectivity index (χ0v) is 14.8. The SMILES string of the molecule is Cc1ccc2c(c1)N(CC(=O)N[C@@H]1CCCc3ccccc31)C(=O)CO2. The molecule has 0 bridgehead atoms. The van der Waals surface area contributed by atoms with Crippen LogP contribution in [-0.4, -0.2) is 25.0 Å². The van der Waals surface area contributed by atoms with E-state index in [1.165, 1.54) is 16.0 Å². The quantitative estimate of drug-likeness (QED) is 0.926. The fraction of sp³-hybridized carbons (Fsp3) is 0.333. The third-order valence-electron chi connectivity index (χ3n) is 5.06. The fourth-order valence-electron chi connectivity index (χ4n) is 3.77. The fourth-order valence-corrected chi connectivity index (χ4v) is 3.77. The Kier molecular flexibility index (Phi) is 4.37. The summed E-state index contributed by atoms with van der Waals surface area (Å²) in [5, 5.41) is 3.11. The van der Waals surface area contributed by atoms with E-state index in [-0.39, 0.29) is 31.0 Å². The lowest BCUT2D eigenvalue weighted by Crippen LogP contribution is -2.46.